The van der Waals surface area contributed by atoms with Gasteiger partial charge in [-0.3, -0.25) is 24.7 Å². The number of aromatic nitrogens is 4. The fourth-order valence-electron chi connectivity index (χ4n) is 8.09. The molecule has 4 aliphatic heterocycles. The summed E-state index contributed by atoms with van der Waals surface area (Å²) in [6.45, 7) is 5.05. The third-order valence-corrected chi connectivity index (χ3v) is 11.1. The Balaban J connectivity index is 0.803. The second-order valence-corrected chi connectivity index (χ2v) is 14.6. The summed E-state index contributed by atoms with van der Waals surface area (Å²) in [5.74, 6) is 7.28. The molecule has 13 nitrogen and oxygen atoms in total. The van der Waals surface area contributed by atoms with Crippen LogP contribution in [0, 0.1) is 17.7 Å². The molecule has 3 aromatic heterocycles. The van der Waals surface area contributed by atoms with Gasteiger partial charge in [0.05, 0.1) is 31.0 Å². The molecule has 284 valence electrons. The Morgan fingerprint density at radius 1 is 0.839 bits per heavy atom. The molecular weight excluding hydrogens is 714 g/mol. The maximum absolute atomic E-state index is 14.1. The second kappa shape index (κ2) is 15.1. The molecule has 0 saturated carbocycles. The number of fused-ring (bicyclic) bond motifs is 1. The Bertz CT molecular complexity index is 2370. The Morgan fingerprint density at radius 2 is 1.68 bits per heavy atom. The van der Waals surface area contributed by atoms with E-state index in [0.29, 0.717) is 13.0 Å². The number of nitrogens with zero attached hydrogens (tertiary/aromatic N) is 8. The number of carbonyl (C=O) groups excluding carboxylic acids is 3. The largest absolute Gasteiger partial charge is 0.439 e. The minimum absolute atomic E-state index is 0.0646. The zero-order chi connectivity index (χ0) is 38.2. The Morgan fingerprint density at radius 3 is 2.50 bits per heavy atom. The molecule has 9 rings (SSSR count). The summed E-state index contributed by atoms with van der Waals surface area (Å²) in [4.78, 5) is 54.3. The fraction of sp³-hybridized carbons (Fsp3) is 0.333. The molecule has 0 radical (unpaired) electrons. The number of hydrogen-bond acceptors (Lipinski definition) is 10. The number of anilines is 2. The van der Waals surface area contributed by atoms with Gasteiger partial charge < -0.3 is 14.5 Å². The molecule has 2 unspecified atom stereocenters. The zero-order valence-corrected chi connectivity index (χ0v) is 30.7. The summed E-state index contributed by atoms with van der Waals surface area (Å²) in [6.07, 6.45) is 3.22. The van der Waals surface area contributed by atoms with Crippen molar-refractivity contribution in [2.75, 3.05) is 55.6 Å². The van der Waals surface area contributed by atoms with Crippen molar-refractivity contribution in [3.05, 3.63) is 108 Å². The number of piperidine rings is 1. The lowest BCUT2D eigenvalue weighted by Gasteiger charge is -2.34. The van der Waals surface area contributed by atoms with Crippen molar-refractivity contribution < 1.29 is 23.5 Å². The van der Waals surface area contributed by atoms with E-state index in [-0.39, 0.29) is 30.7 Å². The number of cyclic esters (lactones) is 1. The molecule has 4 saturated heterocycles. The summed E-state index contributed by atoms with van der Waals surface area (Å²) in [5, 5.41) is 7.32. The van der Waals surface area contributed by atoms with Crippen molar-refractivity contribution in [3.63, 3.8) is 0 Å². The molecule has 14 heteroatoms. The van der Waals surface area contributed by atoms with Crippen LogP contribution >= 0.6 is 0 Å². The highest BCUT2D eigenvalue weighted by atomic mass is 19.1. The van der Waals surface area contributed by atoms with Crippen molar-refractivity contribution in [1.29, 1.82) is 0 Å². The predicted octanol–water partition coefficient (Wildman–Crippen LogP) is 4.74. The van der Waals surface area contributed by atoms with E-state index < -0.39 is 24.1 Å². The molecule has 3 atom stereocenters. The quantitative estimate of drug-likeness (QED) is 0.184. The lowest BCUT2D eigenvalue weighted by molar-refractivity contribution is -0.136. The lowest BCUT2D eigenvalue weighted by Crippen LogP contribution is -2.52. The van der Waals surface area contributed by atoms with E-state index in [4.69, 9.17) is 14.8 Å². The van der Waals surface area contributed by atoms with E-state index in [0.717, 1.165) is 90.9 Å². The van der Waals surface area contributed by atoms with Crippen LogP contribution in [0.4, 0.5) is 20.8 Å². The molecular formula is C42H40FN9O4. The number of benzene rings is 2. The first kappa shape index (κ1) is 35.4. The number of nitrogens with one attached hydrogen (secondary N) is 1. The van der Waals surface area contributed by atoms with Gasteiger partial charge in [-0.05, 0) is 78.9 Å². The van der Waals surface area contributed by atoms with E-state index in [1.807, 2.05) is 71.4 Å². The summed E-state index contributed by atoms with van der Waals surface area (Å²) >= 11 is 0. The molecule has 4 aliphatic rings. The average molecular weight is 754 g/mol. The van der Waals surface area contributed by atoms with Gasteiger partial charge in [-0.15, -0.1) is 5.10 Å². The molecule has 0 aliphatic carbocycles. The Labute approximate surface area is 323 Å². The van der Waals surface area contributed by atoms with Gasteiger partial charge in [0.1, 0.15) is 35.3 Å². The molecule has 3 amide bonds. The summed E-state index contributed by atoms with van der Waals surface area (Å²) < 4.78 is 21.5. The number of ether oxygens (including phenoxy) is 1. The van der Waals surface area contributed by atoms with E-state index in [1.54, 1.807) is 12.1 Å². The van der Waals surface area contributed by atoms with Crippen LogP contribution < -0.4 is 15.1 Å². The summed E-state index contributed by atoms with van der Waals surface area (Å²) in [5.41, 5.74) is 4.99. The van der Waals surface area contributed by atoms with Crippen molar-refractivity contribution in [1.82, 2.24) is 34.7 Å². The first-order valence-corrected chi connectivity index (χ1v) is 19.1. The van der Waals surface area contributed by atoms with Crippen molar-refractivity contribution in [3.8, 4) is 23.2 Å². The maximum atomic E-state index is 14.1. The van der Waals surface area contributed by atoms with Crippen LogP contribution in [0.2, 0.25) is 0 Å². The molecule has 4 fully saturated rings. The number of imidazole rings is 1. The van der Waals surface area contributed by atoms with E-state index >= 15 is 0 Å². The Kier molecular flexibility index (Phi) is 9.52. The normalized spacial score (nSPS) is 21.6. The van der Waals surface area contributed by atoms with Crippen LogP contribution in [0.15, 0.2) is 85.1 Å². The number of piperazine rings is 1. The molecule has 7 heterocycles. The van der Waals surface area contributed by atoms with Gasteiger partial charge in [0.15, 0.2) is 5.65 Å². The monoisotopic (exact) mass is 753 g/mol. The number of imide groups is 1. The number of pyridine rings is 1. The highest BCUT2D eigenvalue weighted by Crippen LogP contribution is 2.36. The number of rotatable bonds is 7. The van der Waals surface area contributed by atoms with Crippen LogP contribution in [0.25, 0.3) is 17.0 Å². The molecule has 56 heavy (non-hydrogen) atoms. The van der Waals surface area contributed by atoms with Crippen LogP contribution in [-0.2, 0) is 14.3 Å². The fourth-order valence-corrected chi connectivity index (χ4v) is 8.09. The first-order chi connectivity index (χ1) is 27.4. The minimum atomic E-state index is -0.696. The van der Waals surface area contributed by atoms with Gasteiger partial charge in [-0.1, -0.05) is 42.2 Å². The number of amides is 3. The van der Waals surface area contributed by atoms with Gasteiger partial charge in [-0.2, -0.15) is 0 Å². The smallest absolute Gasteiger partial charge is 0.411 e. The van der Waals surface area contributed by atoms with E-state index in [2.05, 4.69) is 36.8 Å². The SMILES string of the molecule is O=C1CCC(N2CC(c3ccc(C#CCN4CCN(c5cccc(-c6cnc7ccc(N8CCC[C@@H]8c8cccc(F)c8)nn67)n5)CC4)cc3)OC2=O)C(=O)N1. The Hall–Kier alpha value is -6.33. The van der Waals surface area contributed by atoms with Crippen molar-refractivity contribution >= 4 is 35.2 Å². The van der Waals surface area contributed by atoms with Gasteiger partial charge >= 0.3 is 6.09 Å². The molecule has 5 aromatic rings. The number of halogens is 1. The number of hydrogen-bond donors (Lipinski definition) is 1. The summed E-state index contributed by atoms with van der Waals surface area (Å²) in [7, 11) is 0. The van der Waals surface area contributed by atoms with Crippen LogP contribution in [-0.4, -0.2) is 99.1 Å². The molecule has 2 aromatic carbocycles. The maximum Gasteiger partial charge on any atom is 0.411 e. The third kappa shape index (κ3) is 7.13. The van der Waals surface area contributed by atoms with Gasteiger partial charge in [0.25, 0.3) is 0 Å². The number of carbonyl (C=O) groups is 3. The lowest BCUT2D eigenvalue weighted by atomic mass is 10.0. The predicted molar refractivity (Wildman–Crippen MR) is 206 cm³/mol. The third-order valence-electron chi connectivity index (χ3n) is 11.1. The zero-order valence-electron chi connectivity index (χ0n) is 30.7. The summed E-state index contributed by atoms with van der Waals surface area (Å²) in [6, 6.07) is 23.9. The van der Waals surface area contributed by atoms with Gasteiger partial charge in [0, 0.05) is 44.7 Å². The van der Waals surface area contributed by atoms with Gasteiger partial charge in [-0.25, -0.2) is 23.7 Å². The standard InChI is InChI=1S/C42H40FN9O4/c43-31-7-1-6-30(25-31)33-9-4-20-50(33)39-17-16-37-44-26-35(52(37)47-39)32-8-2-10-38(45-32)49-23-21-48(22-24-49)19-3-5-28-11-13-29(14-12-28)36-27-51(42(55)56-36)34-15-18-40(53)46-41(34)54/h1-2,6-8,10-14,16-17,25-26,33-34,36H,4,9,15,18-24,27H2,(H,46,53,54)/t33-,34?,36?/m1/s1. The molecule has 0 spiro atoms. The van der Waals surface area contributed by atoms with Crippen LogP contribution in [0.1, 0.15) is 54.5 Å². The van der Waals surface area contributed by atoms with E-state index in [1.165, 1.54) is 11.0 Å². The van der Waals surface area contributed by atoms with E-state index in [9.17, 15) is 18.8 Å². The topological polar surface area (TPSA) is 129 Å². The van der Waals surface area contributed by atoms with Crippen LogP contribution in [0.3, 0.4) is 0 Å². The highest BCUT2D eigenvalue weighted by molar-refractivity contribution is 6.01. The van der Waals surface area contributed by atoms with Crippen LogP contribution in [0.5, 0.6) is 0 Å². The molecule has 1 N–H and O–H groups in total. The second-order valence-electron chi connectivity index (χ2n) is 14.6. The van der Waals surface area contributed by atoms with Crippen molar-refractivity contribution in [2.24, 2.45) is 0 Å². The van der Waals surface area contributed by atoms with Gasteiger partial charge in [0.2, 0.25) is 11.8 Å². The first-order valence-electron chi connectivity index (χ1n) is 19.1. The van der Waals surface area contributed by atoms with Crippen molar-refractivity contribution in [2.45, 2.75) is 43.9 Å². The highest BCUT2D eigenvalue weighted by Gasteiger charge is 2.42. The average Bonchev–Trinajstić information content (AvgIpc) is 3.97. The molecule has 0 bridgehead atoms. The minimum Gasteiger partial charge on any atom is -0.439 e.